The van der Waals surface area contributed by atoms with E-state index in [9.17, 15) is 4.79 Å². The van der Waals surface area contributed by atoms with Crippen LogP contribution >= 0.6 is 0 Å². The van der Waals surface area contributed by atoms with Gasteiger partial charge in [0.2, 0.25) is 0 Å². The van der Waals surface area contributed by atoms with Gasteiger partial charge >= 0.3 is 0 Å². The molecule has 0 bridgehead atoms. The third-order valence-electron chi connectivity index (χ3n) is 3.15. The highest BCUT2D eigenvalue weighted by Gasteiger charge is 2.37. The molecule has 1 aliphatic rings. The van der Waals surface area contributed by atoms with Crippen LogP contribution in [0, 0.1) is 11.8 Å². The first-order valence-electron chi connectivity index (χ1n) is 5.35. The van der Waals surface area contributed by atoms with Crippen molar-refractivity contribution in [3.05, 3.63) is 11.8 Å². The van der Waals surface area contributed by atoms with Gasteiger partial charge in [-0.3, -0.25) is 4.79 Å². The van der Waals surface area contributed by atoms with Crippen LogP contribution in [0.5, 0.6) is 0 Å². The number of carbonyl (C=O) groups is 1. The topological polar surface area (TPSA) is 26.3 Å². The second-order valence-corrected chi connectivity index (χ2v) is 4.69. The number of rotatable bonds is 3. The maximum atomic E-state index is 11.0. The van der Waals surface area contributed by atoms with Gasteiger partial charge in [0.05, 0.1) is 6.26 Å². The molecule has 0 aromatic carbocycles. The van der Waals surface area contributed by atoms with Gasteiger partial charge in [-0.15, -0.1) is 0 Å². The lowest BCUT2D eigenvalue weighted by atomic mass is 9.82. The highest BCUT2D eigenvalue weighted by atomic mass is 16.5. The lowest BCUT2D eigenvalue weighted by Gasteiger charge is -2.36. The zero-order valence-electron chi connectivity index (χ0n) is 9.54. The quantitative estimate of drug-likeness (QED) is 0.649. The van der Waals surface area contributed by atoms with E-state index in [1.54, 1.807) is 6.26 Å². The number of hydrogen-bond acceptors (Lipinski definition) is 2. The first kappa shape index (κ1) is 11.3. The highest BCUT2D eigenvalue weighted by molar-refractivity contribution is 5.63. The van der Waals surface area contributed by atoms with Crippen LogP contribution in [0.15, 0.2) is 11.8 Å². The van der Waals surface area contributed by atoms with Gasteiger partial charge in [0, 0.05) is 0 Å². The summed E-state index contributed by atoms with van der Waals surface area (Å²) in [5.74, 6) is 0.761. The average molecular weight is 196 g/mol. The third-order valence-corrected chi connectivity index (χ3v) is 3.15. The van der Waals surface area contributed by atoms with Crippen molar-refractivity contribution in [1.29, 1.82) is 0 Å². The number of aldehydes is 1. The summed E-state index contributed by atoms with van der Waals surface area (Å²) < 4.78 is 5.62. The Bertz CT molecular complexity index is 241. The van der Waals surface area contributed by atoms with Crippen LogP contribution in [-0.4, -0.2) is 11.9 Å². The Hall–Kier alpha value is -0.790. The molecule has 1 atom stereocenters. The molecule has 0 aromatic rings. The van der Waals surface area contributed by atoms with Gasteiger partial charge < -0.3 is 4.74 Å². The Morgan fingerprint density at radius 3 is 2.36 bits per heavy atom. The SMILES string of the molecule is CC(C)C1=COC(C=O)(C(C)C)CC1. The first-order valence-corrected chi connectivity index (χ1v) is 5.35. The van der Waals surface area contributed by atoms with Crippen LogP contribution in [0.25, 0.3) is 0 Å². The lowest BCUT2D eigenvalue weighted by molar-refractivity contribution is -0.131. The summed E-state index contributed by atoms with van der Waals surface area (Å²) in [6.45, 7) is 8.36. The average Bonchev–Trinajstić information content (AvgIpc) is 2.17. The molecule has 0 saturated carbocycles. The highest BCUT2D eigenvalue weighted by Crippen LogP contribution is 2.34. The predicted molar refractivity (Wildman–Crippen MR) is 56.9 cm³/mol. The molecule has 0 aliphatic carbocycles. The summed E-state index contributed by atoms with van der Waals surface area (Å²) in [5.41, 5.74) is 0.737. The van der Waals surface area contributed by atoms with Gasteiger partial charge in [-0.25, -0.2) is 0 Å². The van der Waals surface area contributed by atoms with Crippen LogP contribution < -0.4 is 0 Å². The number of ether oxygens (including phenoxy) is 1. The second kappa shape index (κ2) is 4.16. The molecule has 0 fully saturated rings. The van der Waals surface area contributed by atoms with E-state index >= 15 is 0 Å². The molecule has 0 N–H and O–H groups in total. The molecule has 1 aliphatic heterocycles. The van der Waals surface area contributed by atoms with E-state index in [1.165, 1.54) is 5.57 Å². The molecule has 0 spiro atoms. The molecule has 2 heteroatoms. The molecule has 0 aromatic heterocycles. The molecule has 0 radical (unpaired) electrons. The predicted octanol–water partition coefficient (Wildman–Crippen LogP) is 2.93. The van der Waals surface area contributed by atoms with Gasteiger partial charge in [0.15, 0.2) is 11.9 Å². The van der Waals surface area contributed by atoms with Crippen LogP contribution in [0.2, 0.25) is 0 Å². The lowest BCUT2D eigenvalue weighted by Crippen LogP contribution is -2.41. The van der Waals surface area contributed by atoms with E-state index in [4.69, 9.17) is 4.74 Å². The molecule has 1 unspecified atom stereocenters. The van der Waals surface area contributed by atoms with Crippen molar-refractivity contribution in [2.75, 3.05) is 0 Å². The zero-order valence-corrected chi connectivity index (χ0v) is 9.54. The summed E-state index contributed by atoms with van der Waals surface area (Å²) in [6, 6.07) is 0. The molecular weight excluding hydrogens is 176 g/mol. The first-order chi connectivity index (χ1) is 6.52. The van der Waals surface area contributed by atoms with Gasteiger partial charge in [0.1, 0.15) is 0 Å². The monoisotopic (exact) mass is 196 g/mol. The Balaban J connectivity index is 2.77. The van der Waals surface area contributed by atoms with Gasteiger partial charge in [-0.2, -0.15) is 0 Å². The van der Waals surface area contributed by atoms with Crippen LogP contribution in [0.3, 0.4) is 0 Å². The maximum absolute atomic E-state index is 11.0. The van der Waals surface area contributed by atoms with Crippen LogP contribution in [-0.2, 0) is 9.53 Å². The standard InChI is InChI=1S/C12H20O2/c1-9(2)11-5-6-12(8-13,10(3)4)14-7-11/h7-10H,5-6H2,1-4H3. The molecule has 0 amide bonds. The van der Waals surface area contributed by atoms with Crippen LogP contribution in [0.4, 0.5) is 0 Å². The molecule has 2 nitrogen and oxygen atoms in total. The van der Waals surface area contributed by atoms with Gasteiger partial charge in [0.25, 0.3) is 0 Å². The minimum absolute atomic E-state index is 0.241. The van der Waals surface area contributed by atoms with Crippen molar-refractivity contribution >= 4 is 6.29 Å². The smallest absolute Gasteiger partial charge is 0.165 e. The number of allylic oxidation sites excluding steroid dienone is 1. The van der Waals surface area contributed by atoms with E-state index in [1.807, 2.05) is 13.8 Å². The normalized spacial score (nSPS) is 27.4. The second-order valence-electron chi connectivity index (χ2n) is 4.69. The Morgan fingerprint density at radius 2 is 2.07 bits per heavy atom. The minimum atomic E-state index is -0.571. The fourth-order valence-corrected chi connectivity index (χ4v) is 1.72. The molecule has 0 saturated heterocycles. The van der Waals surface area contributed by atoms with Crippen molar-refractivity contribution in [2.24, 2.45) is 11.8 Å². The number of carbonyl (C=O) groups excluding carboxylic acids is 1. The van der Waals surface area contributed by atoms with Crippen molar-refractivity contribution in [2.45, 2.75) is 46.1 Å². The van der Waals surface area contributed by atoms with Crippen molar-refractivity contribution < 1.29 is 9.53 Å². The van der Waals surface area contributed by atoms with E-state index in [0.29, 0.717) is 5.92 Å². The van der Waals surface area contributed by atoms with E-state index in [2.05, 4.69) is 13.8 Å². The molecule has 80 valence electrons. The van der Waals surface area contributed by atoms with Gasteiger partial charge in [-0.1, -0.05) is 27.7 Å². The van der Waals surface area contributed by atoms with Crippen LogP contribution in [0.1, 0.15) is 40.5 Å². The summed E-state index contributed by atoms with van der Waals surface area (Å²) in [4.78, 5) is 11.0. The Labute approximate surface area is 86.3 Å². The fraction of sp³-hybridized carbons (Fsp3) is 0.750. The zero-order chi connectivity index (χ0) is 10.8. The van der Waals surface area contributed by atoms with Crippen molar-refractivity contribution in [3.63, 3.8) is 0 Å². The van der Waals surface area contributed by atoms with Gasteiger partial charge in [-0.05, 0) is 30.3 Å². The largest absolute Gasteiger partial charge is 0.487 e. The minimum Gasteiger partial charge on any atom is -0.487 e. The maximum Gasteiger partial charge on any atom is 0.165 e. The molecule has 1 rings (SSSR count). The third kappa shape index (κ3) is 1.99. The van der Waals surface area contributed by atoms with E-state index < -0.39 is 5.60 Å². The summed E-state index contributed by atoms with van der Waals surface area (Å²) >= 11 is 0. The van der Waals surface area contributed by atoms with E-state index in [-0.39, 0.29) is 5.92 Å². The number of hydrogen-bond donors (Lipinski definition) is 0. The summed E-state index contributed by atoms with van der Waals surface area (Å²) in [6.07, 6.45) is 4.56. The summed E-state index contributed by atoms with van der Waals surface area (Å²) in [7, 11) is 0. The fourth-order valence-electron chi connectivity index (χ4n) is 1.72. The Morgan fingerprint density at radius 1 is 1.43 bits per heavy atom. The van der Waals surface area contributed by atoms with Crippen molar-refractivity contribution in [1.82, 2.24) is 0 Å². The summed E-state index contributed by atoms with van der Waals surface area (Å²) in [5, 5.41) is 0. The molecule has 1 heterocycles. The molecular formula is C12H20O2. The molecule has 14 heavy (non-hydrogen) atoms. The van der Waals surface area contributed by atoms with Crippen molar-refractivity contribution in [3.8, 4) is 0 Å². The Kier molecular flexibility index (Phi) is 3.35. The van der Waals surface area contributed by atoms with E-state index in [0.717, 1.165) is 19.1 Å².